The Labute approximate surface area is 189 Å². The quantitative estimate of drug-likeness (QED) is 0.629. The van der Waals surface area contributed by atoms with Crippen LogP contribution in [0.1, 0.15) is 28.4 Å². The molecule has 0 unspecified atom stereocenters. The molecule has 0 radical (unpaired) electrons. The summed E-state index contributed by atoms with van der Waals surface area (Å²) in [5.74, 6) is -0.425. The van der Waals surface area contributed by atoms with Crippen molar-refractivity contribution in [2.24, 2.45) is 0 Å². The summed E-state index contributed by atoms with van der Waals surface area (Å²) in [6.45, 7) is 5.91. The predicted molar refractivity (Wildman–Crippen MR) is 125 cm³/mol. The van der Waals surface area contributed by atoms with Gasteiger partial charge in [0.25, 0.3) is 5.91 Å². The van der Waals surface area contributed by atoms with E-state index < -0.39 is 10.0 Å². The van der Waals surface area contributed by atoms with Gasteiger partial charge in [-0.25, -0.2) is 8.42 Å². The molecule has 172 valence electrons. The zero-order valence-electron chi connectivity index (χ0n) is 18.5. The number of amides is 2. The van der Waals surface area contributed by atoms with Gasteiger partial charge < -0.3 is 10.6 Å². The van der Waals surface area contributed by atoms with Crippen LogP contribution in [0.5, 0.6) is 0 Å². The van der Waals surface area contributed by atoms with Crippen LogP contribution in [0.4, 0.5) is 5.69 Å². The standard InChI is InChI=1S/C23H30N4O4S/c1-3-32(30,31)27-14-12-26(13-15-27)17-22(28)25-21-7-5-4-6-20(21)23(29)24-16-19-10-8-18(2)9-11-19/h4-11H,3,12-17H2,1-2H3,(H,24,29)(H,25,28). The van der Waals surface area contributed by atoms with Gasteiger partial charge in [-0.1, -0.05) is 42.0 Å². The summed E-state index contributed by atoms with van der Waals surface area (Å²) in [6.07, 6.45) is 0. The van der Waals surface area contributed by atoms with Crippen molar-refractivity contribution in [1.82, 2.24) is 14.5 Å². The van der Waals surface area contributed by atoms with E-state index in [1.807, 2.05) is 36.1 Å². The number of carbonyl (C=O) groups excluding carboxylic acids is 2. The third kappa shape index (κ3) is 6.38. The summed E-state index contributed by atoms with van der Waals surface area (Å²) in [4.78, 5) is 27.2. The third-order valence-electron chi connectivity index (χ3n) is 5.48. The molecule has 0 bridgehead atoms. The van der Waals surface area contributed by atoms with Gasteiger partial charge in [0, 0.05) is 32.7 Å². The molecule has 1 aliphatic heterocycles. The zero-order chi connectivity index (χ0) is 23.1. The second-order valence-electron chi connectivity index (χ2n) is 7.84. The summed E-state index contributed by atoms with van der Waals surface area (Å²) in [5.41, 5.74) is 2.99. The van der Waals surface area contributed by atoms with Crippen molar-refractivity contribution >= 4 is 27.5 Å². The number of rotatable bonds is 8. The number of nitrogens with one attached hydrogen (secondary N) is 2. The number of carbonyl (C=O) groups is 2. The second-order valence-corrected chi connectivity index (χ2v) is 10.1. The molecule has 2 aromatic rings. The lowest BCUT2D eigenvalue weighted by Gasteiger charge is -2.33. The summed E-state index contributed by atoms with van der Waals surface area (Å²) in [5, 5.41) is 5.71. The minimum Gasteiger partial charge on any atom is -0.348 e. The summed E-state index contributed by atoms with van der Waals surface area (Å²) in [7, 11) is -3.20. The molecule has 2 N–H and O–H groups in total. The maximum atomic E-state index is 12.7. The average Bonchev–Trinajstić information content (AvgIpc) is 2.79. The van der Waals surface area contributed by atoms with E-state index in [1.165, 1.54) is 4.31 Å². The van der Waals surface area contributed by atoms with Crippen LogP contribution in [0, 0.1) is 6.92 Å². The van der Waals surface area contributed by atoms with Crippen molar-refractivity contribution in [2.45, 2.75) is 20.4 Å². The number of nitrogens with zero attached hydrogens (tertiary/aromatic N) is 2. The highest BCUT2D eigenvalue weighted by Gasteiger charge is 2.26. The van der Waals surface area contributed by atoms with Crippen LogP contribution in [0.2, 0.25) is 0 Å². The Hall–Kier alpha value is -2.75. The Kier molecular flexibility index (Phi) is 8.00. The maximum absolute atomic E-state index is 12.7. The van der Waals surface area contributed by atoms with Crippen molar-refractivity contribution in [1.29, 1.82) is 0 Å². The lowest BCUT2D eigenvalue weighted by molar-refractivity contribution is -0.117. The van der Waals surface area contributed by atoms with E-state index in [4.69, 9.17) is 0 Å². The molecule has 0 spiro atoms. The van der Waals surface area contributed by atoms with Gasteiger partial charge in [-0.05, 0) is 31.5 Å². The highest BCUT2D eigenvalue weighted by Crippen LogP contribution is 2.16. The van der Waals surface area contributed by atoms with E-state index in [9.17, 15) is 18.0 Å². The van der Waals surface area contributed by atoms with Crippen molar-refractivity contribution in [3.63, 3.8) is 0 Å². The van der Waals surface area contributed by atoms with Gasteiger partial charge in [0.2, 0.25) is 15.9 Å². The van der Waals surface area contributed by atoms with Crippen LogP contribution in [-0.4, -0.2) is 67.9 Å². The molecule has 2 amide bonds. The fraction of sp³-hybridized carbons (Fsp3) is 0.391. The van der Waals surface area contributed by atoms with Crippen LogP contribution in [0.15, 0.2) is 48.5 Å². The first-order valence-electron chi connectivity index (χ1n) is 10.7. The number of sulfonamides is 1. The predicted octanol–water partition coefficient (Wildman–Crippen LogP) is 1.83. The molecule has 0 saturated carbocycles. The monoisotopic (exact) mass is 458 g/mol. The van der Waals surface area contributed by atoms with Crippen molar-refractivity contribution in [3.8, 4) is 0 Å². The van der Waals surface area contributed by atoms with Gasteiger partial charge in [0.15, 0.2) is 0 Å². The van der Waals surface area contributed by atoms with Gasteiger partial charge in [0.1, 0.15) is 0 Å². The normalized spacial score (nSPS) is 15.3. The van der Waals surface area contributed by atoms with Gasteiger partial charge in [-0.15, -0.1) is 0 Å². The number of piperazine rings is 1. The van der Waals surface area contributed by atoms with Gasteiger partial charge in [-0.3, -0.25) is 14.5 Å². The Balaban J connectivity index is 1.54. The Bertz CT molecular complexity index is 1050. The van der Waals surface area contributed by atoms with Crippen molar-refractivity contribution in [2.75, 3.05) is 43.8 Å². The largest absolute Gasteiger partial charge is 0.348 e. The van der Waals surface area contributed by atoms with E-state index in [0.717, 1.165) is 11.1 Å². The first-order valence-corrected chi connectivity index (χ1v) is 12.3. The fourth-order valence-corrected chi connectivity index (χ4v) is 4.60. The third-order valence-corrected chi connectivity index (χ3v) is 7.36. The minimum absolute atomic E-state index is 0.0796. The molecule has 0 aromatic heterocycles. The molecule has 1 saturated heterocycles. The number of anilines is 1. The first kappa shape index (κ1) is 23.9. The van der Waals surface area contributed by atoms with Gasteiger partial charge >= 0.3 is 0 Å². The molecule has 0 aliphatic carbocycles. The average molecular weight is 459 g/mol. The minimum atomic E-state index is -3.20. The summed E-state index contributed by atoms with van der Waals surface area (Å²) >= 11 is 0. The number of hydrogen-bond donors (Lipinski definition) is 2. The number of para-hydroxylation sites is 1. The van der Waals surface area contributed by atoms with E-state index in [1.54, 1.807) is 31.2 Å². The second kappa shape index (κ2) is 10.7. The van der Waals surface area contributed by atoms with E-state index in [-0.39, 0.29) is 24.1 Å². The lowest BCUT2D eigenvalue weighted by Crippen LogP contribution is -2.50. The molecule has 8 nitrogen and oxygen atoms in total. The Morgan fingerprint density at radius 1 is 0.969 bits per heavy atom. The number of benzene rings is 2. The first-order chi connectivity index (χ1) is 15.3. The van der Waals surface area contributed by atoms with E-state index >= 15 is 0 Å². The van der Waals surface area contributed by atoms with E-state index in [2.05, 4.69) is 10.6 Å². The van der Waals surface area contributed by atoms with Crippen molar-refractivity contribution in [3.05, 3.63) is 65.2 Å². The molecular formula is C23H30N4O4S. The molecule has 32 heavy (non-hydrogen) atoms. The van der Waals surface area contributed by atoms with Crippen LogP contribution < -0.4 is 10.6 Å². The molecule has 3 rings (SSSR count). The highest BCUT2D eigenvalue weighted by molar-refractivity contribution is 7.89. The smallest absolute Gasteiger partial charge is 0.253 e. The topological polar surface area (TPSA) is 98.8 Å². The SMILES string of the molecule is CCS(=O)(=O)N1CCN(CC(=O)Nc2ccccc2C(=O)NCc2ccc(C)cc2)CC1. The molecular weight excluding hydrogens is 428 g/mol. The zero-order valence-corrected chi connectivity index (χ0v) is 19.3. The summed E-state index contributed by atoms with van der Waals surface area (Å²) < 4.78 is 25.4. The van der Waals surface area contributed by atoms with Gasteiger partial charge in [-0.2, -0.15) is 4.31 Å². The molecule has 0 atom stereocenters. The van der Waals surface area contributed by atoms with Crippen LogP contribution in [0.25, 0.3) is 0 Å². The molecule has 1 aliphatic rings. The molecule has 1 heterocycles. The molecule has 9 heteroatoms. The molecule has 2 aromatic carbocycles. The number of hydrogen-bond acceptors (Lipinski definition) is 5. The maximum Gasteiger partial charge on any atom is 0.253 e. The molecule has 1 fully saturated rings. The van der Waals surface area contributed by atoms with Crippen LogP contribution in [-0.2, 0) is 21.4 Å². The Morgan fingerprint density at radius 3 is 2.28 bits per heavy atom. The van der Waals surface area contributed by atoms with Crippen LogP contribution >= 0.6 is 0 Å². The number of aryl methyl sites for hydroxylation is 1. The fourth-order valence-electron chi connectivity index (χ4n) is 3.51. The van der Waals surface area contributed by atoms with Crippen LogP contribution in [0.3, 0.4) is 0 Å². The van der Waals surface area contributed by atoms with Crippen molar-refractivity contribution < 1.29 is 18.0 Å². The Morgan fingerprint density at radius 2 is 1.62 bits per heavy atom. The lowest BCUT2D eigenvalue weighted by atomic mass is 10.1. The summed E-state index contributed by atoms with van der Waals surface area (Å²) in [6, 6.07) is 14.8. The van der Waals surface area contributed by atoms with Gasteiger partial charge in [0.05, 0.1) is 23.5 Å². The highest BCUT2D eigenvalue weighted by atomic mass is 32.2. The van der Waals surface area contributed by atoms with E-state index in [0.29, 0.717) is 44.0 Å².